The number of aryl methyl sites for hydroxylation is 1. The van der Waals surface area contributed by atoms with E-state index in [1.807, 2.05) is 41.8 Å². The highest BCUT2D eigenvalue weighted by atomic mass is 35.5. The third kappa shape index (κ3) is 3.96. The summed E-state index contributed by atoms with van der Waals surface area (Å²) < 4.78 is 39.3. The zero-order valence-corrected chi connectivity index (χ0v) is 17.9. The molecular formula is C20H19ClN4O4S. The molecule has 0 bridgehead atoms. The van der Waals surface area contributed by atoms with Crippen LogP contribution in [-0.4, -0.2) is 46.3 Å². The van der Waals surface area contributed by atoms with Crippen molar-refractivity contribution in [2.45, 2.75) is 19.4 Å². The Morgan fingerprint density at radius 2 is 1.90 bits per heavy atom. The molecule has 10 heteroatoms. The van der Waals surface area contributed by atoms with Gasteiger partial charge in [0.25, 0.3) is 10.1 Å². The lowest BCUT2D eigenvalue weighted by Crippen LogP contribution is -2.12. The minimum Gasteiger partial charge on any atom is -0.497 e. The zero-order valence-electron chi connectivity index (χ0n) is 16.3. The van der Waals surface area contributed by atoms with Crippen molar-refractivity contribution in [2.75, 3.05) is 12.9 Å². The number of halogens is 1. The second-order valence-corrected chi connectivity index (χ2v) is 8.91. The molecule has 1 aliphatic heterocycles. The summed E-state index contributed by atoms with van der Waals surface area (Å²) in [5.74, 6) is 1.35. The second kappa shape index (κ2) is 7.82. The molecule has 1 aliphatic rings. The van der Waals surface area contributed by atoms with Crippen molar-refractivity contribution in [3.8, 4) is 11.4 Å². The van der Waals surface area contributed by atoms with Gasteiger partial charge < -0.3 is 4.74 Å². The monoisotopic (exact) mass is 446 g/mol. The summed E-state index contributed by atoms with van der Waals surface area (Å²) in [4.78, 5) is 4.87. The predicted octanol–water partition coefficient (Wildman–Crippen LogP) is 3.41. The van der Waals surface area contributed by atoms with Crippen LogP contribution >= 0.6 is 11.6 Å². The van der Waals surface area contributed by atoms with E-state index in [9.17, 15) is 13.0 Å². The maximum absolute atomic E-state index is 11.4. The summed E-state index contributed by atoms with van der Waals surface area (Å²) >= 11 is 6.06. The van der Waals surface area contributed by atoms with Crippen molar-refractivity contribution in [3.63, 3.8) is 0 Å². The van der Waals surface area contributed by atoms with Crippen LogP contribution in [0.4, 0.5) is 0 Å². The smallest absolute Gasteiger partial charge is 0.264 e. The molecule has 3 aromatic rings. The van der Waals surface area contributed by atoms with Crippen LogP contribution in [0.1, 0.15) is 35.2 Å². The third-order valence-electron chi connectivity index (χ3n) is 4.90. The lowest BCUT2D eigenvalue weighted by molar-refractivity contribution is 0.414. The molecule has 0 saturated heterocycles. The fourth-order valence-electron chi connectivity index (χ4n) is 3.49. The maximum atomic E-state index is 11.4. The van der Waals surface area contributed by atoms with E-state index in [1.165, 1.54) is 0 Å². The average molecular weight is 447 g/mol. The number of aromatic nitrogens is 3. The minimum absolute atomic E-state index is 0.0547. The van der Waals surface area contributed by atoms with Gasteiger partial charge in [0.2, 0.25) is 0 Å². The first-order valence-electron chi connectivity index (χ1n) is 9.16. The van der Waals surface area contributed by atoms with E-state index >= 15 is 0 Å². The fraction of sp³-hybridized carbons (Fsp3) is 0.250. The summed E-state index contributed by atoms with van der Waals surface area (Å²) in [7, 11) is -2.58. The van der Waals surface area contributed by atoms with E-state index in [0.29, 0.717) is 28.1 Å². The van der Waals surface area contributed by atoms with Gasteiger partial charge in [-0.25, -0.2) is 0 Å². The number of benzene rings is 2. The molecule has 1 N–H and O–H groups in total. The van der Waals surface area contributed by atoms with Gasteiger partial charge in [-0.15, -0.1) is 10.2 Å². The van der Waals surface area contributed by atoms with E-state index in [4.69, 9.17) is 21.3 Å². The Kier molecular flexibility index (Phi) is 5.35. The fourth-order valence-corrected chi connectivity index (χ4v) is 4.14. The van der Waals surface area contributed by atoms with E-state index in [1.54, 1.807) is 19.2 Å². The van der Waals surface area contributed by atoms with Crippen molar-refractivity contribution < 1.29 is 17.7 Å². The molecule has 0 spiro atoms. The standard InChI is InChI=1S/C20H19ClN4O4S/c1-12-23-24-20-17(9-10-30(26,27)28)22-19(13-3-5-14(21)6-4-13)16-11-15(29-2)7-8-18(16)25(12)20/h3-8,11,17H,9-10H2,1-2H3,(H,26,27,28)/t17-/m1/s1. The highest BCUT2D eigenvalue weighted by Crippen LogP contribution is 2.34. The van der Waals surface area contributed by atoms with Crippen LogP contribution in [0.3, 0.4) is 0 Å². The van der Waals surface area contributed by atoms with E-state index in [2.05, 4.69) is 10.2 Å². The topological polar surface area (TPSA) is 107 Å². The molecule has 0 radical (unpaired) electrons. The van der Waals surface area contributed by atoms with Crippen molar-refractivity contribution >= 4 is 27.4 Å². The molecule has 30 heavy (non-hydrogen) atoms. The Morgan fingerprint density at radius 3 is 2.57 bits per heavy atom. The predicted molar refractivity (Wildman–Crippen MR) is 114 cm³/mol. The average Bonchev–Trinajstić information content (AvgIpc) is 3.02. The van der Waals surface area contributed by atoms with E-state index in [-0.39, 0.29) is 6.42 Å². The first kappa shape index (κ1) is 20.5. The largest absolute Gasteiger partial charge is 0.497 e. The van der Waals surface area contributed by atoms with Crippen molar-refractivity contribution in [2.24, 2.45) is 4.99 Å². The van der Waals surface area contributed by atoms with Gasteiger partial charge in [0, 0.05) is 16.1 Å². The lowest BCUT2D eigenvalue weighted by Gasteiger charge is -2.14. The van der Waals surface area contributed by atoms with Crippen molar-refractivity contribution in [1.82, 2.24) is 14.8 Å². The Balaban J connectivity index is 1.97. The van der Waals surface area contributed by atoms with Crippen LogP contribution in [0.15, 0.2) is 47.5 Å². The molecule has 1 aromatic heterocycles. The Morgan fingerprint density at radius 1 is 1.17 bits per heavy atom. The quantitative estimate of drug-likeness (QED) is 0.602. The molecule has 0 aliphatic carbocycles. The number of rotatable bonds is 5. The molecule has 0 amide bonds. The van der Waals surface area contributed by atoms with Gasteiger partial charge in [0.1, 0.15) is 17.6 Å². The lowest BCUT2D eigenvalue weighted by atomic mass is 10.00. The van der Waals surface area contributed by atoms with Gasteiger partial charge in [-0.05, 0) is 43.7 Å². The SMILES string of the molecule is COc1ccc2c(c1)C(c1ccc(Cl)cc1)=N[C@H](CCS(=O)(=O)O)c1nnc(C)n1-2. The summed E-state index contributed by atoms with van der Waals surface area (Å²) in [6, 6.07) is 12.2. The van der Waals surface area contributed by atoms with Gasteiger partial charge in [-0.2, -0.15) is 8.42 Å². The molecule has 0 saturated carbocycles. The number of aliphatic imine (C=N–C) groups is 1. The van der Waals surface area contributed by atoms with Gasteiger partial charge in [-0.1, -0.05) is 23.7 Å². The van der Waals surface area contributed by atoms with Gasteiger partial charge in [0.05, 0.1) is 24.3 Å². The number of ether oxygens (including phenoxy) is 1. The Labute approximate surface area is 178 Å². The molecule has 0 unspecified atom stereocenters. The molecule has 0 fully saturated rings. The second-order valence-electron chi connectivity index (χ2n) is 6.90. The molecule has 1 atom stereocenters. The van der Waals surface area contributed by atoms with Crippen molar-refractivity contribution in [1.29, 1.82) is 0 Å². The number of fused-ring (bicyclic) bond motifs is 3. The van der Waals surface area contributed by atoms with Crippen LogP contribution in [0.5, 0.6) is 5.75 Å². The number of hydrogen-bond donors (Lipinski definition) is 1. The van der Waals surface area contributed by atoms with E-state index in [0.717, 1.165) is 16.8 Å². The summed E-state index contributed by atoms with van der Waals surface area (Å²) in [5.41, 5.74) is 3.04. The third-order valence-corrected chi connectivity index (χ3v) is 5.90. The minimum atomic E-state index is -4.16. The molecule has 8 nitrogen and oxygen atoms in total. The molecule has 2 heterocycles. The summed E-state index contributed by atoms with van der Waals surface area (Å²) in [6.45, 7) is 1.82. The number of methoxy groups -OCH3 is 1. The Bertz CT molecular complexity index is 1240. The van der Waals surface area contributed by atoms with Crippen LogP contribution in [-0.2, 0) is 10.1 Å². The highest BCUT2D eigenvalue weighted by molar-refractivity contribution is 7.85. The maximum Gasteiger partial charge on any atom is 0.264 e. The normalized spacial score (nSPS) is 15.7. The van der Waals surface area contributed by atoms with Crippen LogP contribution in [0.2, 0.25) is 5.02 Å². The number of hydrogen-bond acceptors (Lipinski definition) is 6. The van der Waals surface area contributed by atoms with Crippen LogP contribution < -0.4 is 4.74 Å². The molecule has 156 valence electrons. The summed E-state index contributed by atoms with van der Waals surface area (Å²) in [6.07, 6.45) is 0.0547. The van der Waals surface area contributed by atoms with Gasteiger partial charge in [-0.3, -0.25) is 14.1 Å². The molecular weight excluding hydrogens is 428 g/mol. The van der Waals surface area contributed by atoms with Gasteiger partial charge in [0.15, 0.2) is 5.82 Å². The molecule has 4 rings (SSSR count). The first-order valence-corrected chi connectivity index (χ1v) is 11.1. The first-order chi connectivity index (χ1) is 14.3. The molecule has 2 aromatic carbocycles. The van der Waals surface area contributed by atoms with Crippen molar-refractivity contribution in [3.05, 3.63) is 70.3 Å². The van der Waals surface area contributed by atoms with Crippen LogP contribution in [0.25, 0.3) is 5.69 Å². The highest BCUT2D eigenvalue weighted by Gasteiger charge is 2.29. The zero-order chi connectivity index (χ0) is 21.5. The Hall–Kier alpha value is -2.75. The van der Waals surface area contributed by atoms with Crippen LogP contribution in [0, 0.1) is 6.92 Å². The van der Waals surface area contributed by atoms with Gasteiger partial charge >= 0.3 is 0 Å². The van der Waals surface area contributed by atoms with E-state index < -0.39 is 21.9 Å². The number of nitrogens with zero attached hydrogens (tertiary/aromatic N) is 4. The summed E-state index contributed by atoms with van der Waals surface area (Å²) in [5, 5.41) is 9.02.